The van der Waals surface area contributed by atoms with Crippen molar-refractivity contribution in [3.63, 3.8) is 0 Å². The van der Waals surface area contributed by atoms with E-state index >= 15 is 0 Å². The van der Waals surface area contributed by atoms with Gasteiger partial charge in [0.1, 0.15) is 11.9 Å². The predicted octanol–water partition coefficient (Wildman–Crippen LogP) is 4.02. The van der Waals surface area contributed by atoms with Crippen LogP contribution in [0.2, 0.25) is 0 Å². The summed E-state index contributed by atoms with van der Waals surface area (Å²) in [6.07, 6.45) is 2.44. The normalized spacial score (nSPS) is 31.3. The van der Waals surface area contributed by atoms with Crippen LogP contribution in [0, 0.1) is 5.92 Å². The average molecular weight is 319 g/mol. The van der Waals surface area contributed by atoms with E-state index < -0.39 is 0 Å². The lowest BCUT2D eigenvalue weighted by molar-refractivity contribution is -0.0206. The molecule has 22 heavy (non-hydrogen) atoms. The summed E-state index contributed by atoms with van der Waals surface area (Å²) in [5.74, 6) is 1.44. The third-order valence-corrected chi connectivity index (χ3v) is 5.13. The van der Waals surface area contributed by atoms with Crippen LogP contribution in [0.4, 0.5) is 0 Å². The second-order valence-electron chi connectivity index (χ2n) is 7.44. The monoisotopic (exact) mass is 319 g/mol. The number of piperidine rings is 1. The molecule has 1 aromatic rings. The van der Waals surface area contributed by atoms with E-state index in [0.29, 0.717) is 18.0 Å². The van der Waals surface area contributed by atoms with Crippen LogP contribution >= 0.6 is 12.2 Å². The van der Waals surface area contributed by atoms with Crippen molar-refractivity contribution in [1.82, 2.24) is 4.90 Å². The van der Waals surface area contributed by atoms with E-state index in [-0.39, 0.29) is 16.9 Å². The topological polar surface area (TPSA) is 21.7 Å². The highest BCUT2D eigenvalue weighted by Crippen LogP contribution is 2.47. The minimum absolute atomic E-state index is 0.150. The van der Waals surface area contributed by atoms with Crippen LogP contribution in [0.25, 0.3) is 0 Å². The van der Waals surface area contributed by atoms with E-state index in [2.05, 4.69) is 32.6 Å². The van der Waals surface area contributed by atoms with Gasteiger partial charge in [0.15, 0.2) is 0 Å². The summed E-state index contributed by atoms with van der Waals surface area (Å²) in [5, 5.41) is 0.241. The van der Waals surface area contributed by atoms with Gasteiger partial charge in [-0.2, -0.15) is 0 Å². The van der Waals surface area contributed by atoms with Gasteiger partial charge in [-0.3, -0.25) is 4.90 Å². The van der Waals surface area contributed by atoms with Crippen LogP contribution < -0.4 is 4.74 Å². The number of thiocarbonyl (C=S) groups is 1. The summed E-state index contributed by atoms with van der Waals surface area (Å²) < 4.78 is 11.6. The van der Waals surface area contributed by atoms with Gasteiger partial charge in [0.25, 0.3) is 0 Å². The van der Waals surface area contributed by atoms with Gasteiger partial charge in [0.05, 0.1) is 0 Å². The highest BCUT2D eigenvalue weighted by atomic mass is 32.1. The van der Waals surface area contributed by atoms with Crippen molar-refractivity contribution >= 4 is 17.5 Å². The standard InChI is InChI=1S/C18H25NO2S/c1-12-13-10-15(19(12)18(2,3)4)16(11-13)21-17(22)20-14-8-6-5-7-9-14/h5-9,12-13,15-16H,10-11H2,1-4H3/t12-,13-,15+,16+/m0/s1. The van der Waals surface area contributed by atoms with Gasteiger partial charge in [-0.05, 0) is 58.6 Å². The summed E-state index contributed by atoms with van der Waals surface area (Å²) in [5.41, 5.74) is 0.156. The van der Waals surface area contributed by atoms with Crippen molar-refractivity contribution in [3.05, 3.63) is 30.3 Å². The van der Waals surface area contributed by atoms with Crippen molar-refractivity contribution in [2.75, 3.05) is 0 Å². The van der Waals surface area contributed by atoms with Crippen LogP contribution in [0.1, 0.15) is 40.5 Å². The third kappa shape index (κ3) is 2.99. The molecule has 0 aromatic heterocycles. The largest absolute Gasteiger partial charge is 0.452 e. The number of fused-ring (bicyclic) bond motifs is 2. The smallest absolute Gasteiger partial charge is 0.358 e. The molecule has 0 radical (unpaired) electrons. The molecule has 1 aliphatic heterocycles. The summed E-state index contributed by atoms with van der Waals surface area (Å²) in [4.78, 5) is 2.59. The molecule has 1 aromatic carbocycles. The van der Waals surface area contributed by atoms with Crippen molar-refractivity contribution in [3.8, 4) is 5.75 Å². The fraction of sp³-hybridized carbons (Fsp3) is 0.611. The zero-order chi connectivity index (χ0) is 15.9. The molecule has 4 atom stereocenters. The molecule has 1 heterocycles. The second-order valence-corrected chi connectivity index (χ2v) is 7.77. The summed E-state index contributed by atoms with van der Waals surface area (Å²) >= 11 is 5.29. The Balaban J connectivity index is 1.63. The van der Waals surface area contributed by atoms with Crippen LogP contribution in [0.15, 0.2) is 30.3 Å². The molecule has 120 valence electrons. The van der Waals surface area contributed by atoms with Crippen molar-refractivity contribution in [1.29, 1.82) is 0 Å². The lowest BCUT2D eigenvalue weighted by Gasteiger charge is -2.45. The zero-order valence-corrected chi connectivity index (χ0v) is 14.6. The molecule has 2 aliphatic rings. The maximum absolute atomic E-state index is 5.99. The summed E-state index contributed by atoms with van der Waals surface area (Å²) in [6, 6.07) is 10.7. The van der Waals surface area contributed by atoms with E-state index in [4.69, 9.17) is 21.7 Å². The molecule has 4 heteroatoms. The van der Waals surface area contributed by atoms with E-state index in [9.17, 15) is 0 Å². The van der Waals surface area contributed by atoms with Crippen molar-refractivity contribution < 1.29 is 9.47 Å². The Morgan fingerprint density at radius 2 is 1.86 bits per heavy atom. The van der Waals surface area contributed by atoms with Crippen LogP contribution in [-0.2, 0) is 4.74 Å². The van der Waals surface area contributed by atoms with E-state index in [1.807, 2.05) is 30.3 Å². The predicted molar refractivity (Wildman–Crippen MR) is 92.1 cm³/mol. The number of benzene rings is 1. The third-order valence-electron chi connectivity index (χ3n) is 4.95. The molecule has 0 N–H and O–H groups in total. The molecule has 0 spiro atoms. The lowest BCUT2D eigenvalue weighted by atomic mass is 9.94. The lowest BCUT2D eigenvalue weighted by Crippen LogP contribution is -2.55. The van der Waals surface area contributed by atoms with Gasteiger partial charge in [0, 0.05) is 29.8 Å². The molecule has 1 saturated carbocycles. The first-order valence-electron chi connectivity index (χ1n) is 8.08. The number of nitrogens with zero attached hydrogens (tertiary/aromatic N) is 1. The molecule has 2 fully saturated rings. The summed E-state index contributed by atoms with van der Waals surface area (Å²) in [6.45, 7) is 9.17. The van der Waals surface area contributed by atoms with Gasteiger partial charge in [-0.25, -0.2) is 0 Å². The number of hydrogen-bond acceptors (Lipinski definition) is 4. The molecule has 3 nitrogen and oxygen atoms in total. The average Bonchev–Trinajstić information content (AvgIpc) is 2.96. The van der Waals surface area contributed by atoms with Gasteiger partial charge in [0.2, 0.25) is 0 Å². The van der Waals surface area contributed by atoms with Crippen LogP contribution in [0.3, 0.4) is 0 Å². The van der Waals surface area contributed by atoms with Crippen LogP contribution in [-0.4, -0.2) is 33.9 Å². The maximum atomic E-state index is 5.99. The first-order chi connectivity index (χ1) is 10.4. The molecule has 3 rings (SSSR count). The van der Waals surface area contributed by atoms with E-state index in [1.54, 1.807) is 0 Å². The number of rotatable bonds is 2. The second kappa shape index (κ2) is 5.82. The number of ether oxygens (including phenoxy) is 2. The molecule has 2 bridgehead atoms. The Labute approximate surface area is 138 Å². The molecule has 0 unspecified atom stereocenters. The molecule has 0 amide bonds. The summed E-state index contributed by atoms with van der Waals surface area (Å²) in [7, 11) is 0. The van der Waals surface area contributed by atoms with Gasteiger partial charge in [-0.15, -0.1) is 0 Å². The molecular formula is C18H25NO2S. The molecular weight excluding hydrogens is 294 g/mol. The fourth-order valence-corrected chi connectivity index (χ4v) is 4.42. The Morgan fingerprint density at radius 3 is 2.45 bits per heavy atom. The first-order valence-corrected chi connectivity index (χ1v) is 8.49. The number of para-hydroxylation sites is 1. The number of hydrogen-bond donors (Lipinski definition) is 0. The fourth-order valence-electron chi connectivity index (χ4n) is 4.20. The molecule has 1 aliphatic carbocycles. The molecule has 1 saturated heterocycles. The van der Waals surface area contributed by atoms with Crippen LogP contribution in [0.5, 0.6) is 5.75 Å². The highest BCUT2D eigenvalue weighted by Gasteiger charge is 2.53. The van der Waals surface area contributed by atoms with Gasteiger partial charge >= 0.3 is 5.24 Å². The van der Waals surface area contributed by atoms with Gasteiger partial charge < -0.3 is 9.47 Å². The SMILES string of the molecule is C[C@H]1[C@H]2C[C@H]([C@H](OC(=S)Oc3ccccc3)C2)N1C(C)(C)C. The first kappa shape index (κ1) is 15.8. The Morgan fingerprint density at radius 1 is 1.18 bits per heavy atom. The van der Waals surface area contributed by atoms with Gasteiger partial charge in [-0.1, -0.05) is 18.2 Å². The van der Waals surface area contributed by atoms with E-state index in [1.165, 1.54) is 6.42 Å². The Hall–Kier alpha value is -1.13. The highest BCUT2D eigenvalue weighted by molar-refractivity contribution is 7.79. The van der Waals surface area contributed by atoms with Crippen molar-refractivity contribution in [2.45, 2.75) is 64.3 Å². The Bertz CT molecular complexity index is 540. The number of likely N-dealkylation sites (tertiary alicyclic amines) is 1. The zero-order valence-electron chi connectivity index (χ0n) is 13.8. The maximum Gasteiger partial charge on any atom is 0.358 e. The van der Waals surface area contributed by atoms with E-state index in [0.717, 1.165) is 12.2 Å². The minimum Gasteiger partial charge on any atom is -0.452 e. The quantitative estimate of drug-likeness (QED) is 0.768. The minimum atomic E-state index is 0.150. The Kier molecular flexibility index (Phi) is 4.17. The van der Waals surface area contributed by atoms with Crippen molar-refractivity contribution in [2.24, 2.45) is 5.92 Å².